The smallest absolute Gasteiger partial charge is 0.143 e. The summed E-state index contributed by atoms with van der Waals surface area (Å²) in [7, 11) is 3.62. The normalized spacial score (nSPS) is 19.1. The summed E-state index contributed by atoms with van der Waals surface area (Å²) in [5.74, 6) is 1.53. The zero-order valence-corrected chi connectivity index (χ0v) is 17.0. The fourth-order valence-corrected chi connectivity index (χ4v) is 4.43. The van der Waals surface area contributed by atoms with Gasteiger partial charge in [0, 0.05) is 81.9 Å². The zero-order chi connectivity index (χ0) is 19.5. The van der Waals surface area contributed by atoms with Crippen LogP contribution >= 0.6 is 0 Å². The number of nitrogens with two attached hydrogens (primary N) is 1. The summed E-state index contributed by atoms with van der Waals surface area (Å²) in [6.45, 7) is 7.97. The van der Waals surface area contributed by atoms with Gasteiger partial charge in [-0.2, -0.15) is 5.10 Å². The molecule has 1 aromatic carbocycles. The topological polar surface area (TPSA) is 71.6 Å². The van der Waals surface area contributed by atoms with Crippen LogP contribution in [-0.4, -0.2) is 67.6 Å². The SMILES string of the molecule is COc1cc(N2CCC(CN3CCNCC3)CC2)c(-c2cnn(C)c2)cc1N. The number of aryl methyl sites for hydroxylation is 1. The number of nitrogens with one attached hydrogen (secondary N) is 1. The Bertz CT molecular complexity index is 790. The molecular formula is C21H32N6O. The average molecular weight is 385 g/mol. The summed E-state index contributed by atoms with van der Waals surface area (Å²) in [4.78, 5) is 5.10. The van der Waals surface area contributed by atoms with Gasteiger partial charge in [-0.1, -0.05) is 0 Å². The Morgan fingerprint density at radius 2 is 1.93 bits per heavy atom. The van der Waals surface area contributed by atoms with E-state index in [0.29, 0.717) is 5.69 Å². The second-order valence-corrected chi connectivity index (χ2v) is 8.00. The fourth-order valence-electron chi connectivity index (χ4n) is 4.43. The lowest BCUT2D eigenvalue weighted by Crippen LogP contribution is -2.47. The Labute approximate surface area is 167 Å². The summed E-state index contributed by atoms with van der Waals surface area (Å²) < 4.78 is 7.34. The zero-order valence-electron chi connectivity index (χ0n) is 17.0. The van der Waals surface area contributed by atoms with Crippen LogP contribution in [0.5, 0.6) is 5.75 Å². The number of rotatable bonds is 5. The number of methoxy groups -OCH3 is 1. The van der Waals surface area contributed by atoms with Crippen LogP contribution in [0.4, 0.5) is 11.4 Å². The highest BCUT2D eigenvalue weighted by atomic mass is 16.5. The summed E-state index contributed by atoms with van der Waals surface area (Å²) in [5, 5.41) is 7.78. The quantitative estimate of drug-likeness (QED) is 0.766. The second kappa shape index (κ2) is 8.41. The van der Waals surface area contributed by atoms with Crippen molar-refractivity contribution in [2.24, 2.45) is 13.0 Å². The van der Waals surface area contributed by atoms with Crippen molar-refractivity contribution in [2.45, 2.75) is 12.8 Å². The summed E-state index contributed by atoms with van der Waals surface area (Å²) in [6.07, 6.45) is 6.40. The van der Waals surface area contributed by atoms with E-state index in [1.165, 1.54) is 38.2 Å². The molecule has 2 fully saturated rings. The molecule has 0 radical (unpaired) electrons. The van der Waals surface area contributed by atoms with E-state index in [0.717, 1.165) is 49.0 Å². The van der Waals surface area contributed by atoms with Crippen LogP contribution in [0.2, 0.25) is 0 Å². The Hall–Kier alpha value is -2.25. The third-order valence-electron chi connectivity index (χ3n) is 6.05. The minimum absolute atomic E-state index is 0.665. The molecule has 2 aliphatic rings. The number of nitrogen functional groups attached to an aromatic ring is 1. The molecule has 3 N–H and O–H groups in total. The van der Waals surface area contributed by atoms with Gasteiger partial charge in [-0.3, -0.25) is 4.68 Å². The molecule has 28 heavy (non-hydrogen) atoms. The van der Waals surface area contributed by atoms with Crippen molar-refractivity contribution in [3.8, 4) is 16.9 Å². The van der Waals surface area contributed by atoms with Crippen LogP contribution in [0, 0.1) is 5.92 Å². The number of anilines is 2. The van der Waals surface area contributed by atoms with Crippen LogP contribution in [0.1, 0.15) is 12.8 Å². The van der Waals surface area contributed by atoms with Crippen molar-refractivity contribution < 1.29 is 4.74 Å². The Morgan fingerprint density at radius 3 is 2.57 bits per heavy atom. The molecule has 7 nitrogen and oxygen atoms in total. The van der Waals surface area contributed by atoms with E-state index in [1.807, 2.05) is 30.2 Å². The number of piperidine rings is 1. The van der Waals surface area contributed by atoms with Crippen molar-refractivity contribution in [1.82, 2.24) is 20.0 Å². The van der Waals surface area contributed by atoms with Crippen molar-refractivity contribution in [3.05, 3.63) is 24.5 Å². The molecule has 0 spiro atoms. The van der Waals surface area contributed by atoms with E-state index in [1.54, 1.807) is 7.11 Å². The molecule has 2 saturated heterocycles. The fraction of sp³-hybridized carbons (Fsp3) is 0.571. The summed E-state index contributed by atoms with van der Waals surface area (Å²) in [6, 6.07) is 4.12. The Kier molecular flexibility index (Phi) is 5.73. The van der Waals surface area contributed by atoms with Crippen LogP contribution in [0.15, 0.2) is 24.5 Å². The first kappa shape index (κ1) is 19.1. The molecule has 0 aliphatic carbocycles. The highest BCUT2D eigenvalue weighted by Crippen LogP contribution is 2.39. The van der Waals surface area contributed by atoms with Crippen molar-refractivity contribution in [2.75, 3.05) is 63.6 Å². The molecule has 1 aromatic heterocycles. The van der Waals surface area contributed by atoms with Gasteiger partial charge in [-0.25, -0.2) is 0 Å². The lowest BCUT2D eigenvalue weighted by Gasteiger charge is -2.38. The maximum atomic E-state index is 6.22. The molecule has 152 valence electrons. The van der Waals surface area contributed by atoms with Crippen molar-refractivity contribution >= 4 is 11.4 Å². The first-order chi connectivity index (χ1) is 13.6. The van der Waals surface area contributed by atoms with E-state index in [-0.39, 0.29) is 0 Å². The maximum absolute atomic E-state index is 6.22. The number of aromatic nitrogens is 2. The Balaban J connectivity index is 1.50. The largest absolute Gasteiger partial charge is 0.495 e. The van der Waals surface area contributed by atoms with Gasteiger partial charge in [0.25, 0.3) is 0 Å². The van der Waals surface area contributed by atoms with Gasteiger partial charge in [0.05, 0.1) is 19.0 Å². The first-order valence-electron chi connectivity index (χ1n) is 10.3. The number of benzene rings is 1. The Morgan fingerprint density at radius 1 is 1.18 bits per heavy atom. The van der Waals surface area contributed by atoms with Crippen molar-refractivity contribution in [3.63, 3.8) is 0 Å². The van der Waals surface area contributed by atoms with Gasteiger partial charge in [0.2, 0.25) is 0 Å². The van der Waals surface area contributed by atoms with E-state index in [9.17, 15) is 0 Å². The highest BCUT2D eigenvalue weighted by molar-refractivity contribution is 5.83. The van der Waals surface area contributed by atoms with Crippen LogP contribution in [-0.2, 0) is 7.05 Å². The molecule has 3 heterocycles. The third-order valence-corrected chi connectivity index (χ3v) is 6.05. The average Bonchev–Trinajstić information content (AvgIpc) is 3.15. The molecule has 2 aromatic rings. The molecule has 0 unspecified atom stereocenters. The summed E-state index contributed by atoms with van der Waals surface area (Å²) >= 11 is 0. The number of nitrogens with zero attached hydrogens (tertiary/aromatic N) is 4. The van der Waals surface area contributed by atoms with Gasteiger partial charge in [-0.15, -0.1) is 0 Å². The second-order valence-electron chi connectivity index (χ2n) is 8.00. The number of hydrogen-bond donors (Lipinski definition) is 2. The third kappa shape index (κ3) is 4.10. The van der Waals surface area contributed by atoms with Gasteiger partial charge in [0.15, 0.2) is 0 Å². The van der Waals surface area contributed by atoms with Crippen molar-refractivity contribution in [1.29, 1.82) is 0 Å². The van der Waals surface area contributed by atoms with Crippen LogP contribution in [0.25, 0.3) is 11.1 Å². The number of ether oxygens (including phenoxy) is 1. The number of hydrogen-bond acceptors (Lipinski definition) is 6. The van der Waals surface area contributed by atoms with Gasteiger partial charge < -0.3 is 25.6 Å². The highest BCUT2D eigenvalue weighted by Gasteiger charge is 2.25. The lowest BCUT2D eigenvalue weighted by molar-refractivity contribution is 0.190. The minimum Gasteiger partial charge on any atom is -0.495 e. The number of piperazine rings is 1. The molecule has 0 saturated carbocycles. The molecule has 7 heteroatoms. The molecule has 0 bridgehead atoms. The first-order valence-corrected chi connectivity index (χ1v) is 10.3. The van der Waals surface area contributed by atoms with Crippen LogP contribution < -0.4 is 20.7 Å². The van der Waals surface area contributed by atoms with E-state index in [2.05, 4.69) is 26.3 Å². The molecule has 4 rings (SSSR count). The van der Waals surface area contributed by atoms with E-state index in [4.69, 9.17) is 10.5 Å². The van der Waals surface area contributed by atoms with E-state index < -0.39 is 0 Å². The molecule has 0 atom stereocenters. The van der Waals surface area contributed by atoms with E-state index >= 15 is 0 Å². The van der Waals surface area contributed by atoms with Crippen LogP contribution in [0.3, 0.4) is 0 Å². The summed E-state index contributed by atoms with van der Waals surface area (Å²) in [5.41, 5.74) is 10.3. The van der Waals surface area contributed by atoms with Gasteiger partial charge >= 0.3 is 0 Å². The molecular weight excluding hydrogens is 352 g/mol. The predicted octanol–water partition coefficient (Wildman–Crippen LogP) is 1.80. The predicted molar refractivity (Wildman–Crippen MR) is 114 cm³/mol. The monoisotopic (exact) mass is 384 g/mol. The lowest BCUT2D eigenvalue weighted by atomic mass is 9.94. The van der Waals surface area contributed by atoms with Gasteiger partial charge in [-0.05, 0) is 24.8 Å². The minimum atomic E-state index is 0.665. The maximum Gasteiger partial charge on any atom is 0.143 e. The van der Waals surface area contributed by atoms with Gasteiger partial charge in [0.1, 0.15) is 5.75 Å². The molecule has 0 amide bonds. The standard InChI is InChI=1S/C21H32N6O/c1-25-15-17(13-24-25)18-11-19(22)21(28-2)12-20(18)27-7-3-16(4-8-27)14-26-9-5-23-6-10-26/h11-13,15-16,23H,3-10,14,22H2,1-2H3. The molecule has 2 aliphatic heterocycles.